The van der Waals surface area contributed by atoms with Gasteiger partial charge in [-0.05, 0) is 44.7 Å². The molecule has 5 heteroatoms. The predicted molar refractivity (Wildman–Crippen MR) is 111 cm³/mol. The van der Waals surface area contributed by atoms with Crippen LogP contribution in [0.25, 0.3) is 0 Å². The molecule has 0 fully saturated rings. The Morgan fingerprint density at radius 2 is 2.07 bits per heavy atom. The topological polar surface area (TPSA) is 41.9 Å². The standard InChI is InChI=1S/C22H29ClN2O2/c1-4-27-21(26)13-11-18-15-22(3,17-10-12-20(23)16(2)14-17)25(24-18)19-8-6-5-7-9-19/h5-10,12,16-17,20H,4,11,13-15H2,1-3H3. The van der Waals surface area contributed by atoms with Crippen molar-refractivity contribution in [3.05, 3.63) is 42.5 Å². The van der Waals surface area contributed by atoms with E-state index in [1.165, 1.54) is 0 Å². The van der Waals surface area contributed by atoms with Gasteiger partial charge in [0.25, 0.3) is 0 Å². The quantitative estimate of drug-likeness (QED) is 0.383. The number of anilines is 1. The Balaban J connectivity index is 1.84. The first-order chi connectivity index (χ1) is 12.9. The molecule has 0 radical (unpaired) electrons. The predicted octanol–water partition coefficient (Wildman–Crippen LogP) is 5.17. The highest BCUT2D eigenvalue weighted by molar-refractivity contribution is 6.22. The van der Waals surface area contributed by atoms with Crippen molar-refractivity contribution in [1.82, 2.24) is 0 Å². The number of para-hydroxylation sites is 1. The van der Waals surface area contributed by atoms with Crippen LogP contribution in [0.3, 0.4) is 0 Å². The number of rotatable bonds is 6. The SMILES string of the molecule is CCOC(=O)CCC1=NN(c2ccccc2)C(C)(C2C=CC(Cl)C(C)C2)C1. The van der Waals surface area contributed by atoms with E-state index in [-0.39, 0.29) is 16.9 Å². The van der Waals surface area contributed by atoms with E-state index in [0.717, 1.165) is 24.2 Å². The molecule has 4 atom stereocenters. The number of hydrogen-bond acceptors (Lipinski definition) is 4. The molecule has 1 aliphatic carbocycles. The number of carbonyl (C=O) groups is 1. The lowest BCUT2D eigenvalue weighted by atomic mass is 9.73. The summed E-state index contributed by atoms with van der Waals surface area (Å²) in [5, 5.41) is 7.19. The van der Waals surface area contributed by atoms with Crippen molar-refractivity contribution in [2.75, 3.05) is 11.6 Å². The molecule has 0 N–H and O–H groups in total. The van der Waals surface area contributed by atoms with Gasteiger partial charge >= 0.3 is 5.97 Å². The molecular weight excluding hydrogens is 360 g/mol. The third kappa shape index (κ3) is 4.37. The van der Waals surface area contributed by atoms with E-state index in [1.807, 2.05) is 25.1 Å². The van der Waals surface area contributed by atoms with E-state index < -0.39 is 0 Å². The normalized spacial score (nSPS) is 30.3. The van der Waals surface area contributed by atoms with Gasteiger partial charge in [0, 0.05) is 18.1 Å². The Bertz CT molecular complexity index is 718. The molecule has 1 aromatic rings. The summed E-state index contributed by atoms with van der Waals surface area (Å²) in [6.07, 6.45) is 7.29. The molecule has 146 valence electrons. The summed E-state index contributed by atoms with van der Waals surface area (Å²) in [6, 6.07) is 10.3. The fourth-order valence-corrected chi connectivity index (χ4v) is 4.29. The van der Waals surface area contributed by atoms with Crippen molar-refractivity contribution in [2.45, 2.75) is 57.4 Å². The van der Waals surface area contributed by atoms with Crippen LogP contribution >= 0.6 is 11.6 Å². The van der Waals surface area contributed by atoms with Crippen molar-refractivity contribution in [3.63, 3.8) is 0 Å². The minimum atomic E-state index is -0.160. The van der Waals surface area contributed by atoms with Crippen LogP contribution in [-0.4, -0.2) is 29.2 Å². The van der Waals surface area contributed by atoms with E-state index in [0.29, 0.717) is 31.3 Å². The summed E-state index contributed by atoms with van der Waals surface area (Å²) in [5.74, 6) is 0.627. The maximum Gasteiger partial charge on any atom is 0.306 e. The van der Waals surface area contributed by atoms with Crippen LogP contribution in [0.15, 0.2) is 47.6 Å². The van der Waals surface area contributed by atoms with Gasteiger partial charge in [0.1, 0.15) is 0 Å². The number of benzene rings is 1. The average molecular weight is 389 g/mol. The van der Waals surface area contributed by atoms with Crippen molar-refractivity contribution in [1.29, 1.82) is 0 Å². The van der Waals surface area contributed by atoms with Gasteiger partial charge in [0.05, 0.1) is 29.6 Å². The van der Waals surface area contributed by atoms with E-state index >= 15 is 0 Å². The van der Waals surface area contributed by atoms with Crippen molar-refractivity contribution < 1.29 is 9.53 Å². The molecule has 0 bridgehead atoms. The van der Waals surface area contributed by atoms with Crippen LogP contribution in [0.2, 0.25) is 0 Å². The lowest BCUT2D eigenvalue weighted by molar-refractivity contribution is -0.142. The molecular formula is C22H29ClN2O2. The number of hydrogen-bond donors (Lipinski definition) is 0. The van der Waals surface area contributed by atoms with Crippen LogP contribution in [0, 0.1) is 11.8 Å². The molecule has 0 saturated carbocycles. The van der Waals surface area contributed by atoms with Crippen molar-refractivity contribution >= 4 is 29.0 Å². The number of halogens is 1. The number of alkyl halides is 1. The zero-order valence-corrected chi connectivity index (χ0v) is 17.2. The van der Waals surface area contributed by atoms with Crippen LogP contribution in [-0.2, 0) is 9.53 Å². The first-order valence-electron chi connectivity index (χ1n) is 9.83. The fourth-order valence-electron chi connectivity index (χ4n) is 4.11. The Labute approximate surface area is 167 Å². The molecule has 0 aromatic heterocycles. The van der Waals surface area contributed by atoms with Gasteiger partial charge in [-0.15, -0.1) is 11.6 Å². The summed E-state index contributed by atoms with van der Waals surface area (Å²) >= 11 is 6.40. The zero-order chi connectivity index (χ0) is 19.4. The highest BCUT2D eigenvalue weighted by atomic mass is 35.5. The first kappa shape index (κ1) is 19.9. The van der Waals surface area contributed by atoms with Crippen LogP contribution in [0.1, 0.15) is 46.5 Å². The van der Waals surface area contributed by atoms with Crippen LogP contribution in [0.4, 0.5) is 5.69 Å². The largest absolute Gasteiger partial charge is 0.466 e. The number of esters is 1. The van der Waals surface area contributed by atoms with Gasteiger partial charge in [-0.1, -0.05) is 37.3 Å². The number of hydrazone groups is 1. The number of nitrogens with zero attached hydrogens (tertiary/aromatic N) is 2. The summed E-state index contributed by atoms with van der Waals surface area (Å²) in [4.78, 5) is 11.8. The first-order valence-corrected chi connectivity index (χ1v) is 10.3. The molecule has 0 saturated heterocycles. The highest BCUT2D eigenvalue weighted by Gasteiger charge is 2.46. The maximum atomic E-state index is 11.8. The lowest BCUT2D eigenvalue weighted by Crippen LogP contribution is -2.48. The lowest BCUT2D eigenvalue weighted by Gasteiger charge is -2.42. The maximum absolute atomic E-state index is 11.8. The van der Waals surface area contributed by atoms with Crippen LogP contribution in [0.5, 0.6) is 0 Å². The molecule has 3 rings (SSSR count). The van der Waals surface area contributed by atoms with E-state index in [1.54, 1.807) is 0 Å². The Hall–Kier alpha value is -1.81. The average Bonchev–Trinajstić information content (AvgIpc) is 3.01. The Morgan fingerprint density at radius 3 is 2.74 bits per heavy atom. The van der Waals surface area contributed by atoms with Gasteiger partial charge in [-0.25, -0.2) is 0 Å². The van der Waals surface area contributed by atoms with Crippen molar-refractivity contribution in [2.24, 2.45) is 16.9 Å². The van der Waals surface area contributed by atoms with E-state index in [2.05, 4.69) is 43.1 Å². The molecule has 0 amide bonds. The fraction of sp³-hybridized carbons (Fsp3) is 0.545. The molecule has 27 heavy (non-hydrogen) atoms. The molecule has 4 nitrogen and oxygen atoms in total. The molecule has 1 aliphatic heterocycles. The number of ether oxygens (including phenoxy) is 1. The summed E-state index contributed by atoms with van der Waals surface area (Å²) in [6.45, 7) is 6.74. The van der Waals surface area contributed by atoms with E-state index in [4.69, 9.17) is 21.4 Å². The summed E-state index contributed by atoms with van der Waals surface area (Å²) in [7, 11) is 0. The molecule has 1 heterocycles. The zero-order valence-electron chi connectivity index (χ0n) is 16.4. The number of carbonyl (C=O) groups excluding carboxylic acids is 1. The summed E-state index contributed by atoms with van der Waals surface area (Å²) < 4.78 is 5.07. The molecule has 2 aliphatic rings. The third-order valence-corrected chi connectivity index (χ3v) is 6.28. The van der Waals surface area contributed by atoms with Gasteiger partial charge in [0.15, 0.2) is 0 Å². The van der Waals surface area contributed by atoms with Gasteiger partial charge in [0.2, 0.25) is 0 Å². The minimum Gasteiger partial charge on any atom is -0.466 e. The third-order valence-electron chi connectivity index (χ3n) is 5.71. The highest BCUT2D eigenvalue weighted by Crippen LogP contribution is 2.44. The van der Waals surface area contributed by atoms with Crippen LogP contribution < -0.4 is 5.01 Å². The molecule has 1 aromatic carbocycles. The number of allylic oxidation sites excluding steroid dienone is 1. The second-order valence-electron chi connectivity index (χ2n) is 7.80. The van der Waals surface area contributed by atoms with E-state index in [9.17, 15) is 4.79 Å². The molecule has 4 unspecified atom stereocenters. The smallest absolute Gasteiger partial charge is 0.306 e. The monoisotopic (exact) mass is 388 g/mol. The van der Waals surface area contributed by atoms with Gasteiger partial charge in [-0.3, -0.25) is 9.80 Å². The second-order valence-corrected chi connectivity index (χ2v) is 8.31. The summed E-state index contributed by atoms with van der Waals surface area (Å²) in [5.41, 5.74) is 1.98. The molecule has 0 spiro atoms. The van der Waals surface area contributed by atoms with Crippen molar-refractivity contribution in [3.8, 4) is 0 Å². The Morgan fingerprint density at radius 1 is 1.33 bits per heavy atom. The van der Waals surface area contributed by atoms with Gasteiger partial charge in [-0.2, -0.15) is 5.10 Å². The Kier molecular flexibility index (Phi) is 6.25. The van der Waals surface area contributed by atoms with Gasteiger partial charge < -0.3 is 4.74 Å². The second kappa shape index (κ2) is 8.47. The minimum absolute atomic E-state index is 0.0978.